The first-order valence-electron chi connectivity index (χ1n) is 5.71. The van der Waals surface area contributed by atoms with Gasteiger partial charge in [-0.1, -0.05) is 25.6 Å². The number of aromatic nitrogens is 1. The second kappa shape index (κ2) is 4.83. The Morgan fingerprint density at radius 2 is 2.18 bits per heavy atom. The van der Waals surface area contributed by atoms with E-state index in [2.05, 4.69) is 30.6 Å². The molecule has 0 saturated heterocycles. The molecule has 0 amide bonds. The van der Waals surface area contributed by atoms with Gasteiger partial charge >= 0.3 is 0 Å². The SMILES string of the molecule is C=Cc1cc(-c2cccnc2)cc(CC)c1N. The molecule has 2 aromatic rings. The van der Waals surface area contributed by atoms with Crippen LogP contribution in [0.5, 0.6) is 0 Å². The predicted octanol–water partition coefficient (Wildman–Crippen LogP) is 3.54. The van der Waals surface area contributed by atoms with Crippen molar-refractivity contribution >= 4 is 11.8 Å². The molecule has 0 atom stereocenters. The molecule has 0 radical (unpaired) electrons. The maximum Gasteiger partial charge on any atom is 0.0420 e. The molecule has 17 heavy (non-hydrogen) atoms. The van der Waals surface area contributed by atoms with Gasteiger partial charge in [-0.05, 0) is 41.3 Å². The van der Waals surface area contributed by atoms with Gasteiger partial charge in [-0.15, -0.1) is 0 Å². The minimum atomic E-state index is 0.829. The normalized spacial score (nSPS) is 10.2. The van der Waals surface area contributed by atoms with E-state index in [1.807, 2.05) is 18.3 Å². The van der Waals surface area contributed by atoms with E-state index in [1.165, 1.54) is 0 Å². The van der Waals surface area contributed by atoms with Gasteiger partial charge in [0.15, 0.2) is 0 Å². The molecule has 1 aromatic carbocycles. The maximum atomic E-state index is 6.06. The number of hydrogen-bond donors (Lipinski definition) is 1. The number of anilines is 1. The van der Waals surface area contributed by atoms with Crippen molar-refractivity contribution in [2.24, 2.45) is 0 Å². The zero-order chi connectivity index (χ0) is 12.3. The Labute approximate surface area is 102 Å². The van der Waals surface area contributed by atoms with E-state index in [1.54, 1.807) is 12.3 Å². The minimum absolute atomic E-state index is 0.829. The Kier molecular flexibility index (Phi) is 3.24. The minimum Gasteiger partial charge on any atom is -0.398 e. The quantitative estimate of drug-likeness (QED) is 0.810. The van der Waals surface area contributed by atoms with Gasteiger partial charge in [0.2, 0.25) is 0 Å². The number of benzene rings is 1. The topological polar surface area (TPSA) is 38.9 Å². The van der Waals surface area contributed by atoms with Crippen molar-refractivity contribution in [3.05, 3.63) is 54.4 Å². The molecule has 2 nitrogen and oxygen atoms in total. The van der Waals surface area contributed by atoms with Crippen LogP contribution in [0.1, 0.15) is 18.1 Å². The summed E-state index contributed by atoms with van der Waals surface area (Å²) in [6.07, 6.45) is 6.35. The van der Waals surface area contributed by atoms with Gasteiger partial charge in [0.1, 0.15) is 0 Å². The Balaban J connectivity index is 2.60. The first kappa shape index (κ1) is 11.4. The lowest BCUT2D eigenvalue weighted by molar-refractivity contribution is 1.14. The fourth-order valence-electron chi connectivity index (χ4n) is 1.90. The number of rotatable bonds is 3. The number of nitrogen functional groups attached to an aromatic ring is 1. The Bertz CT molecular complexity index is 530. The number of hydrogen-bond acceptors (Lipinski definition) is 2. The van der Waals surface area contributed by atoms with Crippen LogP contribution in [0, 0.1) is 0 Å². The Morgan fingerprint density at radius 1 is 1.35 bits per heavy atom. The van der Waals surface area contributed by atoms with Crippen LogP contribution in [0.15, 0.2) is 43.2 Å². The van der Waals surface area contributed by atoms with Crippen molar-refractivity contribution < 1.29 is 0 Å². The lowest BCUT2D eigenvalue weighted by Gasteiger charge is -2.10. The third-order valence-corrected chi connectivity index (χ3v) is 2.89. The van der Waals surface area contributed by atoms with E-state index < -0.39 is 0 Å². The van der Waals surface area contributed by atoms with Gasteiger partial charge in [-0.25, -0.2) is 0 Å². The molecule has 0 aliphatic heterocycles. The summed E-state index contributed by atoms with van der Waals surface area (Å²) in [4.78, 5) is 4.14. The van der Waals surface area contributed by atoms with E-state index in [9.17, 15) is 0 Å². The van der Waals surface area contributed by atoms with Crippen LogP contribution in [0.2, 0.25) is 0 Å². The molecule has 2 heteroatoms. The molecule has 0 aliphatic carbocycles. The zero-order valence-corrected chi connectivity index (χ0v) is 9.98. The summed E-state index contributed by atoms with van der Waals surface area (Å²) in [6.45, 7) is 5.91. The third kappa shape index (κ3) is 2.21. The number of nitrogens with two attached hydrogens (primary N) is 1. The highest BCUT2D eigenvalue weighted by Crippen LogP contribution is 2.28. The lowest BCUT2D eigenvalue weighted by atomic mass is 9.97. The predicted molar refractivity (Wildman–Crippen MR) is 73.6 cm³/mol. The van der Waals surface area contributed by atoms with Crippen molar-refractivity contribution in [3.8, 4) is 11.1 Å². The molecule has 0 spiro atoms. The van der Waals surface area contributed by atoms with Gasteiger partial charge in [-0.3, -0.25) is 4.98 Å². The first-order chi connectivity index (χ1) is 8.26. The number of nitrogens with zero attached hydrogens (tertiary/aromatic N) is 1. The van der Waals surface area contributed by atoms with Crippen LogP contribution < -0.4 is 5.73 Å². The molecule has 2 N–H and O–H groups in total. The summed E-state index contributed by atoms with van der Waals surface area (Å²) in [5.74, 6) is 0. The summed E-state index contributed by atoms with van der Waals surface area (Å²) in [5, 5.41) is 0. The van der Waals surface area contributed by atoms with Gasteiger partial charge in [-0.2, -0.15) is 0 Å². The monoisotopic (exact) mass is 224 g/mol. The van der Waals surface area contributed by atoms with Gasteiger partial charge in [0.25, 0.3) is 0 Å². The first-order valence-corrected chi connectivity index (χ1v) is 5.71. The average Bonchev–Trinajstić information content (AvgIpc) is 2.40. The van der Waals surface area contributed by atoms with Gasteiger partial charge in [0.05, 0.1) is 0 Å². The Hall–Kier alpha value is -2.09. The zero-order valence-electron chi connectivity index (χ0n) is 9.98. The van der Waals surface area contributed by atoms with Crippen molar-refractivity contribution in [2.75, 3.05) is 5.73 Å². The molecule has 0 bridgehead atoms. The molecule has 0 saturated carbocycles. The largest absolute Gasteiger partial charge is 0.398 e. The summed E-state index contributed by atoms with van der Waals surface area (Å²) < 4.78 is 0. The highest BCUT2D eigenvalue weighted by atomic mass is 14.6. The van der Waals surface area contributed by atoms with Crippen LogP contribution in [-0.4, -0.2) is 4.98 Å². The summed E-state index contributed by atoms with van der Waals surface area (Å²) in [6, 6.07) is 8.16. The molecule has 0 aliphatic rings. The molecule has 1 heterocycles. The van der Waals surface area contributed by atoms with Crippen molar-refractivity contribution in [1.82, 2.24) is 4.98 Å². The van der Waals surface area contributed by atoms with Crippen LogP contribution in [0.25, 0.3) is 17.2 Å². The molecular formula is C15H16N2. The fourth-order valence-corrected chi connectivity index (χ4v) is 1.90. The summed E-state index contributed by atoms with van der Waals surface area (Å²) in [5.41, 5.74) is 11.3. The smallest absolute Gasteiger partial charge is 0.0420 e. The average molecular weight is 224 g/mol. The van der Waals surface area contributed by atoms with Gasteiger partial charge < -0.3 is 5.73 Å². The number of aryl methyl sites for hydroxylation is 1. The van der Waals surface area contributed by atoms with Gasteiger partial charge in [0, 0.05) is 23.6 Å². The highest BCUT2D eigenvalue weighted by Gasteiger charge is 2.06. The molecule has 1 aromatic heterocycles. The van der Waals surface area contributed by atoms with E-state index in [0.717, 1.165) is 34.4 Å². The standard InChI is InChI=1S/C15H16N2/c1-3-11-8-14(9-12(4-2)15(11)16)13-6-5-7-17-10-13/h3,5-10H,1,4,16H2,2H3. The van der Waals surface area contributed by atoms with Crippen LogP contribution in [0.4, 0.5) is 5.69 Å². The van der Waals surface area contributed by atoms with E-state index in [-0.39, 0.29) is 0 Å². The van der Waals surface area contributed by atoms with Crippen LogP contribution in [0.3, 0.4) is 0 Å². The van der Waals surface area contributed by atoms with Crippen molar-refractivity contribution in [3.63, 3.8) is 0 Å². The van der Waals surface area contributed by atoms with E-state index >= 15 is 0 Å². The molecule has 2 rings (SSSR count). The Morgan fingerprint density at radius 3 is 2.76 bits per heavy atom. The molecular weight excluding hydrogens is 208 g/mol. The molecule has 0 fully saturated rings. The second-order valence-corrected chi connectivity index (χ2v) is 3.94. The maximum absolute atomic E-state index is 6.06. The highest BCUT2D eigenvalue weighted by molar-refractivity contribution is 5.75. The third-order valence-electron chi connectivity index (χ3n) is 2.89. The van der Waals surface area contributed by atoms with Crippen LogP contribution in [-0.2, 0) is 6.42 Å². The van der Waals surface area contributed by atoms with E-state index in [0.29, 0.717) is 0 Å². The van der Waals surface area contributed by atoms with E-state index in [4.69, 9.17) is 5.73 Å². The summed E-state index contributed by atoms with van der Waals surface area (Å²) >= 11 is 0. The molecule has 0 unspecified atom stereocenters. The van der Waals surface area contributed by atoms with Crippen LogP contribution >= 0.6 is 0 Å². The number of pyridine rings is 1. The van der Waals surface area contributed by atoms with Crippen molar-refractivity contribution in [2.45, 2.75) is 13.3 Å². The fraction of sp³-hybridized carbons (Fsp3) is 0.133. The molecule has 86 valence electrons. The lowest BCUT2D eigenvalue weighted by Crippen LogP contribution is -1.97. The van der Waals surface area contributed by atoms with Crippen molar-refractivity contribution in [1.29, 1.82) is 0 Å². The second-order valence-electron chi connectivity index (χ2n) is 3.94. The summed E-state index contributed by atoms with van der Waals surface area (Å²) in [7, 11) is 0.